The van der Waals surface area contributed by atoms with Crippen LogP contribution in [0.2, 0.25) is 0 Å². The van der Waals surface area contributed by atoms with E-state index in [0.29, 0.717) is 5.56 Å². The minimum atomic E-state index is -1.64. The van der Waals surface area contributed by atoms with Crippen LogP contribution in [0.4, 0.5) is 4.39 Å². The first-order valence-corrected chi connectivity index (χ1v) is 7.28. The first-order chi connectivity index (χ1) is 10.8. The number of rotatable bonds is 8. The van der Waals surface area contributed by atoms with Crippen LogP contribution in [0.15, 0.2) is 30.3 Å². The second-order valence-corrected chi connectivity index (χ2v) is 5.56. The Morgan fingerprint density at radius 3 is 2.22 bits per heavy atom. The van der Waals surface area contributed by atoms with E-state index in [4.69, 9.17) is 5.11 Å². The van der Waals surface area contributed by atoms with E-state index < -0.39 is 30.6 Å². The van der Waals surface area contributed by atoms with Gasteiger partial charge in [0.1, 0.15) is 12.7 Å². The second-order valence-electron chi connectivity index (χ2n) is 5.56. The molecule has 126 valence electrons. The van der Waals surface area contributed by atoms with Gasteiger partial charge in [-0.05, 0) is 11.5 Å². The zero-order valence-corrected chi connectivity index (χ0v) is 13.1. The van der Waals surface area contributed by atoms with Gasteiger partial charge in [-0.15, -0.1) is 0 Å². The lowest BCUT2D eigenvalue weighted by Gasteiger charge is -2.21. The van der Waals surface area contributed by atoms with E-state index in [9.17, 15) is 18.8 Å². The van der Waals surface area contributed by atoms with Crippen LogP contribution >= 0.6 is 0 Å². The lowest BCUT2D eigenvalue weighted by atomic mass is 10.0. The van der Waals surface area contributed by atoms with E-state index >= 15 is 0 Å². The van der Waals surface area contributed by atoms with Crippen LogP contribution in [0.1, 0.15) is 31.9 Å². The minimum absolute atomic E-state index is 0.104. The monoisotopic (exact) mass is 324 g/mol. The summed E-state index contributed by atoms with van der Waals surface area (Å²) in [7, 11) is 0. The van der Waals surface area contributed by atoms with Crippen molar-refractivity contribution in [2.24, 2.45) is 5.92 Å². The number of carboxylic acids is 1. The summed E-state index contributed by atoms with van der Waals surface area (Å²) in [4.78, 5) is 35.1. The molecule has 0 spiro atoms. The van der Waals surface area contributed by atoms with Crippen molar-refractivity contribution in [3.05, 3.63) is 35.9 Å². The summed E-state index contributed by atoms with van der Waals surface area (Å²) in [6, 6.07) is 5.67. The summed E-state index contributed by atoms with van der Waals surface area (Å²) >= 11 is 0. The molecule has 0 aliphatic carbocycles. The highest BCUT2D eigenvalue weighted by molar-refractivity contribution is 5.91. The van der Waals surface area contributed by atoms with Crippen molar-refractivity contribution in [1.82, 2.24) is 10.6 Å². The minimum Gasteiger partial charge on any atom is -0.480 e. The fraction of sp³-hybridized carbons (Fsp3) is 0.438. The number of carbonyl (C=O) groups is 3. The molecule has 0 aromatic heterocycles. The number of halogens is 1. The van der Waals surface area contributed by atoms with Crippen LogP contribution in [0, 0.1) is 5.92 Å². The fourth-order valence-corrected chi connectivity index (χ4v) is 1.96. The van der Waals surface area contributed by atoms with Gasteiger partial charge in [0.25, 0.3) is 0 Å². The first kappa shape index (κ1) is 18.6. The van der Waals surface area contributed by atoms with E-state index in [1.165, 1.54) is 0 Å². The zero-order chi connectivity index (χ0) is 17.4. The molecule has 0 saturated carbocycles. The van der Waals surface area contributed by atoms with Gasteiger partial charge < -0.3 is 15.7 Å². The van der Waals surface area contributed by atoms with Crippen molar-refractivity contribution in [3.63, 3.8) is 0 Å². The Balaban J connectivity index is 2.93. The molecule has 6 nitrogen and oxygen atoms in total. The summed E-state index contributed by atoms with van der Waals surface area (Å²) in [6.45, 7) is 2.49. The van der Waals surface area contributed by atoms with Gasteiger partial charge in [0, 0.05) is 6.42 Å². The largest absolute Gasteiger partial charge is 0.480 e. The van der Waals surface area contributed by atoms with E-state index in [2.05, 4.69) is 10.6 Å². The van der Waals surface area contributed by atoms with Crippen molar-refractivity contribution < 1.29 is 23.9 Å². The second kappa shape index (κ2) is 8.87. The van der Waals surface area contributed by atoms with Gasteiger partial charge in [-0.25, -0.2) is 9.18 Å². The summed E-state index contributed by atoms with van der Waals surface area (Å²) in [5.41, 5.74) is 0.491. The number of aliphatic carboxylic acids is 1. The third-order valence-corrected chi connectivity index (χ3v) is 3.06. The molecule has 0 radical (unpaired) electrons. The van der Waals surface area contributed by atoms with E-state index in [1.807, 2.05) is 13.8 Å². The standard InChI is InChI=1S/C16H21FN2O4/c1-10(2)8-13(20)19-14(11-6-4-3-5-7-11)15(21)18-12(9-17)16(22)23/h3-7,10,12,14H,8-9H2,1-2H3,(H,18,21)(H,19,20)(H,22,23). The number of nitrogens with one attached hydrogen (secondary N) is 2. The van der Waals surface area contributed by atoms with E-state index in [-0.39, 0.29) is 18.2 Å². The molecule has 3 N–H and O–H groups in total. The highest BCUT2D eigenvalue weighted by atomic mass is 19.1. The van der Waals surface area contributed by atoms with Crippen molar-refractivity contribution in [2.45, 2.75) is 32.4 Å². The van der Waals surface area contributed by atoms with Gasteiger partial charge >= 0.3 is 5.97 Å². The fourth-order valence-electron chi connectivity index (χ4n) is 1.96. The number of amides is 2. The molecule has 0 fully saturated rings. The van der Waals surface area contributed by atoms with Gasteiger partial charge in [0.15, 0.2) is 6.04 Å². The summed E-state index contributed by atoms with van der Waals surface area (Å²) < 4.78 is 12.7. The predicted octanol–water partition coefficient (Wildman–Crippen LogP) is 1.43. The lowest BCUT2D eigenvalue weighted by Crippen LogP contribution is -2.48. The summed E-state index contributed by atoms with van der Waals surface area (Å²) in [5, 5.41) is 13.5. The first-order valence-electron chi connectivity index (χ1n) is 7.28. The molecule has 0 aliphatic rings. The molecule has 7 heteroatoms. The molecule has 0 heterocycles. The maximum atomic E-state index is 12.7. The van der Waals surface area contributed by atoms with Crippen molar-refractivity contribution in [2.75, 3.05) is 6.67 Å². The van der Waals surface area contributed by atoms with Crippen LogP contribution in [-0.2, 0) is 14.4 Å². The van der Waals surface area contributed by atoms with Crippen molar-refractivity contribution in [3.8, 4) is 0 Å². The molecule has 0 bridgehead atoms. The SMILES string of the molecule is CC(C)CC(=O)NC(C(=O)NC(CF)C(=O)O)c1ccccc1. The predicted molar refractivity (Wildman–Crippen MR) is 82.3 cm³/mol. The van der Waals surface area contributed by atoms with Gasteiger partial charge in [-0.2, -0.15) is 0 Å². The third kappa shape index (κ3) is 6.06. The Morgan fingerprint density at radius 2 is 1.74 bits per heavy atom. The molecule has 2 unspecified atom stereocenters. The van der Waals surface area contributed by atoms with Crippen LogP contribution in [0.5, 0.6) is 0 Å². The van der Waals surface area contributed by atoms with Crippen LogP contribution in [0.3, 0.4) is 0 Å². The van der Waals surface area contributed by atoms with Gasteiger partial charge in [0.05, 0.1) is 0 Å². The average Bonchev–Trinajstić information content (AvgIpc) is 2.49. The Kier molecular flexibility index (Phi) is 7.18. The molecular weight excluding hydrogens is 303 g/mol. The van der Waals surface area contributed by atoms with E-state index in [0.717, 1.165) is 0 Å². The Bertz CT molecular complexity index is 548. The summed E-state index contributed by atoms with van der Waals surface area (Å²) in [6.07, 6.45) is 0.224. The zero-order valence-electron chi connectivity index (χ0n) is 13.1. The molecule has 1 rings (SSSR count). The smallest absolute Gasteiger partial charge is 0.328 e. The molecule has 0 saturated heterocycles. The number of alkyl halides is 1. The van der Waals surface area contributed by atoms with Gasteiger partial charge in [0.2, 0.25) is 11.8 Å². The lowest BCUT2D eigenvalue weighted by molar-refractivity contribution is -0.142. The number of carbonyl (C=O) groups excluding carboxylic acids is 2. The maximum Gasteiger partial charge on any atom is 0.328 e. The Morgan fingerprint density at radius 1 is 1.13 bits per heavy atom. The molecule has 2 amide bonds. The van der Waals surface area contributed by atoms with Gasteiger partial charge in [-0.1, -0.05) is 44.2 Å². The molecule has 23 heavy (non-hydrogen) atoms. The topological polar surface area (TPSA) is 95.5 Å². The van der Waals surface area contributed by atoms with E-state index in [1.54, 1.807) is 30.3 Å². The highest BCUT2D eigenvalue weighted by Crippen LogP contribution is 2.14. The normalized spacial score (nSPS) is 13.2. The Hall–Kier alpha value is -2.44. The van der Waals surface area contributed by atoms with Crippen LogP contribution in [0.25, 0.3) is 0 Å². The molecule has 1 aromatic carbocycles. The Labute approximate surface area is 134 Å². The van der Waals surface area contributed by atoms with Crippen LogP contribution in [-0.4, -0.2) is 35.6 Å². The molecule has 2 atom stereocenters. The molecule has 0 aliphatic heterocycles. The molecular formula is C16H21FN2O4. The van der Waals surface area contributed by atoms with Gasteiger partial charge in [-0.3, -0.25) is 9.59 Å². The van der Waals surface area contributed by atoms with Crippen molar-refractivity contribution in [1.29, 1.82) is 0 Å². The number of carboxylic acid groups (broad SMARTS) is 1. The number of benzene rings is 1. The van der Waals surface area contributed by atoms with Crippen molar-refractivity contribution >= 4 is 17.8 Å². The number of hydrogen-bond donors (Lipinski definition) is 3. The summed E-state index contributed by atoms with van der Waals surface area (Å²) in [5.74, 6) is -2.47. The molecule has 1 aromatic rings. The average molecular weight is 324 g/mol. The maximum absolute atomic E-state index is 12.7. The third-order valence-electron chi connectivity index (χ3n) is 3.06. The quantitative estimate of drug-likeness (QED) is 0.674. The van der Waals surface area contributed by atoms with Crippen LogP contribution < -0.4 is 10.6 Å². The number of hydrogen-bond acceptors (Lipinski definition) is 3. The highest BCUT2D eigenvalue weighted by Gasteiger charge is 2.27.